The largest absolute Gasteiger partial charge is 0.276 e. The quantitative estimate of drug-likeness (QED) is 0.716. The maximum absolute atomic E-state index is 4.45. The maximum Gasteiger partial charge on any atom is 0.134 e. The van der Waals surface area contributed by atoms with E-state index in [1.165, 1.54) is 10.5 Å². The Morgan fingerprint density at radius 2 is 1.75 bits per heavy atom. The van der Waals surface area contributed by atoms with Crippen LogP contribution in [-0.4, -0.2) is 17.9 Å². The second kappa shape index (κ2) is 3.90. The molecule has 0 N–H and O–H groups in total. The van der Waals surface area contributed by atoms with Crippen LogP contribution in [0.15, 0.2) is 36.4 Å². The fraction of sp³-hybridized carbons (Fsp3) is 0.308. The van der Waals surface area contributed by atoms with Crippen molar-refractivity contribution >= 4 is 18.6 Å². The van der Waals surface area contributed by atoms with Gasteiger partial charge in [0, 0.05) is 12.4 Å². The summed E-state index contributed by atoms with van der Waals surface area (Å²) in [5.74, 6) is 0. The summed E-state index contributed by atoms with van der Waals surface area (Å²) in [5, 5.41) is 7.30. The van der Waals surface area contributed by atoms with Gasteiger partial charge in [-0.1, -0.05) is 48.6 Å². The Kier molecular flexibility index (Phi) is 2.72. The van der Waals surface area contributed by atoms with Gasteiger partial charge in [-0.3, -0.25) is 4.68 Å². The average Bonchev–Trinajstić information content (AvgIpc) is 2.60. The van der Waals surface area contributed by atoms with Crippen molar-refractivity contribution in [3.63, 3.8) is 0 Å². The molecule has 1 aromatic carbocycles. The van der Waals surface area contributed by atoms with Gasteiger partial charge in [-0.25, -0.2) is 0 Å². The third-order valence-corrected chi connectivity index (χ3v) is 6.66. The standard InChI is InChI=1S/C13H18N2Si/c1-11-10-13(15(2)14-11)16(3,4)12-8-6-5-7-9-12/h5-10H,1-4H3. The van der Waals surface area contributed by atoms with E-state index in [0.717, 1.165) is 5.69 Å². The second-order valence-electron chi connectivity index (χ2n) is 4.79. The molecule has 0 aliphatic heterocycles. The van der Waals surface area contributed by atoms with E-state index in [1.54, 1.807) is 0 Å². The predicted octanol–water partition coefficient (Wildman–Crippen LogP) is 1.55. The maximum atomic E-state index is 4.45. The van der Waals surface area contributed by atoms with Crippen LogP contribution in [-0.2, 0) is 7.05 Å². The number of nitrogens with zero attached hydrogens (tertiary/aromatic N) is 2. The number of aryl methyl sites for hydroxylation is 2. The molecule has 84 valence electrons. The normalized spacial score (nSPS) is 11.8. The highest BCUT2D eigenvalue weighted by atomic mass is 28.3. The summed E-state index contributed by atoms with van der Waals surface area (Å²) in [5.41, 5.74) is 1.11. The molecule has 2 rings (SSSR count). The zero-order valence-electron chi connectivity index (χ0n) is 10.4. The lowest BCUT2D eigenvalue weighted by Crippen LogP contribution is -2.55. The van der Waals surface area contributed by atoms with Crippen LogP contribution in [0.25, 0.3) is 0 Å². The Balaban J connectivity index is 2.51. The summed E-state index contributed by atoms with van der Waals surface area (Å²) in [4.78, 5) is 0. The Morgan fingerprint density at radius 1 is 1.12 bits per heavy atom. The lowest BCUT2D eigenvalue weighted by Gasteiger charge is -2.22. The summed E-state index contributed by atoms with van der Waals surface area (Å²) in [6, 6.07) is 13.0. The molecule has 1 heterocycles. The molecule has 2 nitrogen and oxygen atoms in total. The number of benzene rings is 1. The lowest BCUT2D eigenvalue weighted by molar-refractivity contribution is 0.774. The lowest BCUT2D eigenvalue weighted by atomic mass is 10.4. The molecule has 1 aromatic heterocycles. The minimum atomic E-state index is -1.58. The SMILES string of the molecule is Cc1cc([Si](C)(C)c2ccccc2)n(C)n1. The van der Waals surface area contributed by atoms with Crippen molar-refractivity contribution in [2.75, 3.05) is 0 Å². The van der Waals surface area contributed by atoms with Crippen LogP contribution in [0, 0.1) is 6.92 Å². The molecule has 0 saturated carbocycles. The first kappa shape index (κ1) is 11.1. The molecule has 0 atom stereocenters. The Hall–Kier alpha value is -1.35. The molecule has 0 amide bonds. The number of hydrogen-bond acceptors (Lipinski definition) is 1. The van der Waals surface area contributed by atoms with Crippen LogP contribution in [0.4, 0.5) is 0 Å². The topological polar surface area (TPSA) is 17.8 Å². The zero-order chi connectivity index (χ0) is 11.8. The average molecular weight is 230 g/mol. The third-order valence-electron chi connectivity index (χ3n) is 3.14. The van der Waals surface area contributed by atoms with Crippen LogP contribution in [0.1, 0.15) is 5.69 Å². The molecular weight excluding hydrogens is 212 g/mol. The zero-order valence-corrected chi connectivity index (χ0v) is 11.4. The third kappa shape index (κ3) is 1.83. The van der Waals surface area contributed by atoms with E-state index in [9.17, 15) is 0 Å². The summed E-state index contributed by atoms with van der Waals surface area (Å²) in [7, 11) is 0.463. The van der Waals surface area contributed by atoms with Gasteiger partial charge in [0.25, 0.3) is 0 Å². The van der Waals surface area contributed by atoms with Crippen molar-refractivity contribution in [2.24, 2.45) is 7.05 Å². The summed E-state index contributed by atoms with van der Waals surface area (Å²) in [6.07, 6.45) is 0. The summed E-state index contributed by atoms with van der Waals surface area (Å²) >= 11 is 0. The van der Waals surface area contributed by atoms with Gasteiger partial charge in [-0.05, 0) is 13.0 Å². The molecule has 0 unspecified atom stereocenters. The minimum absolute atomic E-state index is 1.11. The summed E-state index contributed by atoms with van der Waals surface area (Å²) in [6.45, 7) is 6.80. The Morgan fingerprint density at radius 3 is 2.25 bits per heavy atom. The highest BCUT2D eigenvalue weighted by Crippen LogP contribution is 2.05. The van der Waals surface area contributed by atoms with Gasteiger partial charge in [0.2, 0.25) is 0 Å². The van der Waals surface area contributed by atoms with Gasteiger partial charge in [0.1, 0.15) is 8.07 Å². The van der Waals surface area contributed by atoms with Crippen molar-refractivity contribution in [2.45, 2.75) is 20.0 Å². The van der Waals surface area contributed by atoms with Crippen molar-refractivity contribution in [1.82, 2.24) is 9.78 Å². The van der Waals surface area contributed by atoms with Crippen molar-refractivity contribution in [3.05, 3.63) is 42.1 Å². The molecule has 0 bridgehead atoms. The van der Waals surface area contributed by atoms with E-state index >= 15 is 0 Å². The molecule has 0 aliphatic carbocycles. The number of rotatable bonds is 2. The fourth-order valence-electron chi connectivity index (χ4n) is 2.20. The van der Waals surface area contributed by atoms with E-state index in [4.69, 9.17) is 0 Å². The molecule has 0 spiro atoms. The predicted molar refractivity (Wildman–Crippen MR) is 71.1 cm³/mol. The number of hydrogen-bond donors (Lipinski definition) is 0. The van der Waals surface area contributed by atoms with Crippen LogP contribution in [0.2, 0.25) is 13.1 Å². The first-order valence-electron chi connectivity index (χ1n) is 5.58. The van der Waals surface area contributed by atoms with Crippen LogP contribution in [0.5, 0.6) is 0 Å². The van der Waals surface area contributed by atoms with E-state index in [1.807, 2.05) is 11.7 Å². The molecule has 16 heavy (non-hydrogen) atoms. The van der Waals surface area contributed by atoms with Gasteiger partial charge in [-0.2, -0.15) is 5.10 Å². The molecular formula is C13H18N2Si. The highest BCUT2D eigenvalue weighted by molar-refractivity contribution is 7.00. The monoisotopic (exact) mass is 230 g/mol. The fourth-order valence-corrected chi connectivity index (χ4v) is 4.95. The van der Waals surface area contributed by atoms with E-state index in [0.29, 0.717) is 0 Å². The Bertz CT molecular complexity index is 486. The van der Waals surface area contributed by atoms with Crippen molar-refractivity contribution < 1.29 is 0 Å². The summed E-state index contributed by atoms with van der Waals surface area (Å²) < 4.78 is 2.04. The van der Waals surface area contributed by atoms with Gasteiger partial charge >= 0.3 is 0 Å². The highest BCUT2D eigenvalue weighted by Gasteiger charge is 2.29. The van der Waals surface area contributed by atoms with Gasteiger partial charge in [0.15, 0.2) is 0 Å². The molecule has 2 aromatic rings. The smallest absolute Gasteiger partial charge is 0.134 e. The molecule has 3 heteroatoms. The molecule has 0 radical (unpaired) electrons. The van der Waals surface area contributed by atoms with Crippen molar-refractivity contribution in [3.8, 4) is 0 Å². The minimum Gasteiger partial charge on any atom is -0.276 e. The van der Waals surface area contributed by atoms with Crippen LogP contribution < -0.4 is 10.5 Å². The van der Waals surface area contributed by atoms with E-state index < -0.39 is 8.07 Å². The molecule has 0 fully saturated rings. The van der Waals surface area contributed by atoms with Crippen LogP contribution >= 0.6 is 0 Å². The second-order valence-corrected chi connectivity index (χ2v) is 9.13. The van der Waals surface area contributed by atoms with Gasteiger partial charge < -0.3 is 0 Å². The van der Waals surface area contributed by atoms with Crippen LogP contribution in [0.3, 0.4) is 0 Å². The van der Waals surface area contributed by atoms with E-state index in [-0.39, 0.29) is 0 Å². The molecule has 0 aliphatic rings. The first-order chi connectivity index (χ1) is 7.51. The van der Waals surface area contributed by atoms with Gasteiger partial charge in [-0.15, -0.1) is 0 Å². The van der Waals surface area contributed by atoms with Gasteiger partial charge in [0.05, 0.1) is 5.69 Å². The number of aromatic nitrogens is 2. The first-order valence-corrected chi connectivity index (χ1v) is 8.58. The van der Waals surface area contributed by atoms with Crippen molar-refractivity contribution in [1.29, 1.82) is 0 Å². The molecule has 0 saturated heterocycles. The Labute approximate surface area is 97.9 Å². The van der Waals surface area contributed by atoms with E-state index in [2.05, 4.69) is 61.5 Å².